The molecule has 0 unspecified atom stereocenters. The number of aromatic nitrogens is 3. The maximum Gasteiger partial charge on any atom is 0.330 e. The van der Waals surface area contributed by atoms with E-state index in [2.05, 4.69) is 15.9 Å². The van der Waals surface area contributed by atoms with Crippen LogP contribution in [0.25, 0.3) is 27.8 Å². The summed E-state index contributed by atoms with van der Waals surface area (Å²) in [4.78, 5) is 25.6. The predicted molar refractivity (Wildman–Crippen MR) is 118 cm³/mol. The summed E-state index contributed by atoms with van der Waals surface area (Å²) in [5, 5.41) is 0.485. The van der Waals surface area contributed by atoms with Gasteiger partial charge in [-0.1, -0.05) is 40.2 Å². The summed E-state index contributed by atoms with van der Waals surface area (Å²) in [6.45, 7) is 2.45. The summed E-state index contributed by atoms with van der Waals surface area (Å²) in [6.07, 6.45) is 1.83. The molecule has 29 heavy (non-hydrogen) atoms. The summed E-state index contributed by atoms with van der Waals surface area (Å²) in [7, 11) is 3.17. The zero-order valence-electron chi connectivity index (χ0n) is 16.3. The van der Waals surface area contributed by atoms with Crippen molar-refractivity contribution in [3.05, 3.63) is 80.0 Å². The van der Waals surface area contributed by atoms with Crippen molar-refractivity contribution in [3.8, 4) is 22.7 Å². The molecule has 0 aliphatic carbocycles. The van der Waals surface area contributed by atoms with E-state index in [-0.39, 0.29) is 11.2 Å². The number of hydrogen-bond acceptors (Lipinski definition) is 3. The molecule has 0 fully saturated rings. The highest BCUT2D eigenvalue weighted by atomic mass is 79.9. The van der Waals surface area contributed by atoms with Crippen LogP contribution < -0.4 is 16.0 Å². The molecule has 0 spiro atoms. The van der Waals surface area contributed by atoms with Crippen molar-refractivity contribution in [1.82, 2.24) is 13.7 Å². The van der Waals surface area contributed by atoms with Crippen LogP contribution in [0.1, 0.15) is 6.92 Å². The first-order valence-corrected chi connectivity index (χ1v) is 10.0. The topological polar surface area (TPSA) is 58.2 Å². The Morgan fingerprint density at radius 1 is 1.00 bits per heavy atom. The van der Waals surface area contributed by atoms with Gasteiger partial charge in [0.25, 0.3) is 5.56 Å². The summed E-state index contributed by atoms with van der Waals surface area (Å²) in [6, 6.07) is 15.4. The fourth-order valence-electron chi connectivity index (χ4n) is 3.58. The van der Waals surface area contributed by atoms with Crippen LogP contribution in [0, 0.1) is 0 Å². The van der Waals surface area contributed by atoms with Gasteiger partial charge in [-0.2, -0.15) is 0 Å². The lowest BCUT2D eigenvalue weighted by atomic mass is 10.1. The number of halogens is 1. The molecule has 2 heterocycles. The Kier molecular flexibility index (Phi) is 4.92. The zero-order chi connectivity index (χ0) is 20.7. The van der Waals surface area contributed by atoms with E-state index >= 15 is 0 Å². The summed E-state index contributed by atoms with van der Waals surface area (Å²) < 4.78 is 11.3. The van der Waals surface area contributed by atoms with E-state index in [4.69, 9.17) is 4.74 Å². The number of nitrogens with zero attached hydrogens (tertiary/aromatic N) is 3. The molecule has 6 nitrogen and oxygen atoms in total. The van der Waals surface area contributed by atoms with Gasteiger partial charge >= 0.3 is 5.69 Å². The molecule has 4 rings (SSSR count). The van der Waals surface area contributed by atoms with E-state index in [1.165, 1.54) is 11.6 Å². The van der Waals surface area contributed by atoms with Crippen molar-refractivity contribution in [2.45, 2.75) is 6.92 Å². The number of fused-ring (bicyclic) bond motifs is 1. The van der Waals surface area contributed by atoms with E-state index in [1.54, 1.807) is 7.05 Å². The Morgan fingerprint density at radius 3 is 2.48 bits per heavy atom. The van der Waals surface area contributed by atoms with Gasteiger partial charge in [-0.15, -0.1) is 0 Å². The van der Waals surface area contributed by atoms with Crippen molar-refractivity contribution >= 4 is 26.8 Å². The second kappa shape index (κ2) is 7.40. The molecule has 0 radical (unpaired) electrons. The van der Waals surface area contributed by atoms with Gasteiger partial charge in [0.05, 0.1) is 28.9 Å². The normalized spacial score (nSPS) is 11.2. The minimum Gasteiger partial charge on any atom is -0.492 e. The molecule has 0 aliphatic heterocycles. The molecule has 0 aliphatic rings. The Labute approximate surface area is 175 Å². The highest BCUT2D eigenvalue weighted by Gasteiger charge is 2.21. The number of hydrogen-bond donors (Lipinski definition) is 0. The second-order valence-electron chi connectivity index (χ2n) is 6.72. The van der Waals surface area contributed by atoms with Gasteiger partial charge in [-0.25, -0.2) is 4.79 Å². The molecule has 2 aromatic carbocycles. The first kappa shape index (κ1) is 19.3. The number of para-hydroxylation sites is 2. The van der Waals surface area contributed by atoms with Gasteiger partial charge < -0.3 is 9.30 Å². The van der Waals surface area contributed by atoms with Crippen molar-refractivity contribution in [2.75, 3.05) is 6.61 Å². The largest absolute Gasteiger partial charge is 0.492 e. The Bertz CT molecular complexity index is 1350. The Hall–Kier alpha value is -3.06. The average Bonchev–Trinajstić information content (AvgIpc) is 3.12. The monoisotopic (exact) mass is 453 g/mol. The van der Waals surface area contributed by atoms with E-state index in [9.17, 15) is 9.59 Å². The second-order valence-corrected chi connectivity index (χ2v) is 7.64. The van der Waals surface area contributed by atoms with E-state index in [0.717, 1.165) is 20.3 Å². The molecular formula is C22H20BrN3O3. The van der Waals surface area contributed by atoms with Crippen LogP contribution in [0.4, 0.5) is 0 Å². The number of benzene rings is 2. The van der Waals surface area contributed by atoms with Gasteiger partial charge in [0.1, 0.15) is 5.75 Å². The molecule has 0 amide bonds. The zero-order valence-corrected chi connectivity index (χ0v) is 17.9. The van der Waals surface area contributed by atoms with Crippen molar-refractivity contribution in [2.24, 2.45) is 14.1 Å². The van der Waals surface area contributed by atoms with Crippen molar-refractivity contribution in [3.63, 3.8) is 0 Å². The minimum atomic E-state index is -0.362. The highest BCUT2D eigenvalue weighted by molar-refractivity contribution is 9.10. The maximum absolute atomic E-state index is 13.1. The molecule has 0 saturated heterocycles. The van der Waals surface area contributed by atoms with Crippen LogP contribution in [-0.4, -0.2) is 20.3 Å². The van der Waals surface area contributed by atoms with Crippen LogP contribution in [0.2, 0.25) is 0 Å². The van der Waals surface area contributed by atoms with E-state index in [0.29, 0.717) is 29.0 Å². The van der Waals surface area contributed by atoms with Gasteiger partial charge in [0.2, 0.25) is 0 Å². The van der Waals surface area contributed by atoms with Gasteiger partial charge in [-0.3, -0.25) is 13.9 Å². The van der Waals surface area contributed by atoms with Gasteiger partial charge in [0.15, 0.2) is 0 Å². The third-order valence-electron chi connectivity index (χ3n) is 4.96. The summed E-state index contributed by atoms with van der Waals surface area (Å²) in [5.41, 5.74) is 2.25. The summed E-state index contributed by atoms with van der Waals surface area (Å²) in [5.74, 6) is 0.702. The third kappa shape index (κ3) is 3.11. The molecule has 0 atom stereocenters. The molecule has 0 N–H and O–H groups in total. The van der Waals surface area contributed by atoms with Gasteiger partial charge in [-0.05, 0) is 31.2 Å². The molecule has 0 bridgehead atoms. The molecule has 148 valence electrons. The molecule has 7 heteroatoms. The SMILES string of the molecule is CCOc1ccccc1-n1cc2c(c1-c1cccc(Br)c1)c(=O)n(C)c(=O)n2C. The van der Waals surface area contributed by atoms with Crippen LogP contribution in [0.3, 0.4) is 0 Å². The lowest BCUT2D eigenvalue weighted by molar-refractivity contribution is 0.339. The highest BCUT2D eigenvalue weighted by Crippen LogP contribution is 2.35. The number of aryl methyl sites for hydroxylation is 1. The van der Waals surface area contributed by atoms with Crippen molar-refractivity contribution in [1.29, 1.82) is 0 Å². The average molecular weight is 454 g/mol. The van der Waals surface area contributed by atoms with E-state index < -0.39 is 0 Å². The van der Waals surface area contributed by atoms with Gasteiger partial charge in [0, 0.05) is 30.3 Å². The van der Waals surface area contributed by atoms with Crippen LogP contribution in [0.15, 0.2) is 68.8 Å². The Morgan fingerprint density at radius 2 is 1.76 bits per heavy atom. The quantitative estimate of drug-likeness (QED) is 0.471. The smallest absolute Gasteiger partial charge is 0.330 e. The van der Waals surface area contributed by atoms with Crippen LogP contribution >= 0.6 is 15.9 Å². The summed E-state index contributed by atoms with van der Waals surface area (Å²) >= 11 is 3.52. The van der Waals surface area contributed by atoms with E-state index in [1.807, 2.05) is 66.2 Å². The fourth-order valence-corrected chi connectivity index (χ4v) is 3.98. The minimum absolute atomic E-state index is 0.328. The number of ether oxygens (including phenoxy) is 1. The lowest BCUT2D eigenvalue weighted by Crippen LogP contribution is -2.36. The van der Waals surface area contributed by atoms with Crippen LogP contribution in [0.5, 0.6) is 5.75 Å². The number of rotatable bonds is 4. The standard InChI is InChI=1S/C22H20BrN3O3/c1-4-29-18-11-6-5-10-16(18)26-13-17-19(21(27)25(3)22(28)24(17)2)20(26)14-8-7-9-15(23)12-14/h5-13H,4H2,1-3H3. The molecule has 4 aromatic rings. The maximum atomic E-state index is 13.1. The van der Waals surface area contributed by atoms with Crippen LogP contribution in [-0.2, 0) is 14.1 Å². The first-order chi connectivity index (χ1) is 13.9. The molecule has 0 saturated carbocycles. The molecule has 2 aromatic heterocycles. The third-order valence-corrected chi connectivity index (χ3v) is 5.45. The fraction of sp³-hybridized carbons (Fsp3) is 0.182. The Balaban J connectivity index is 2.20. The lowest BCUT2D eigenvalue weighted by Gasteiger charge is -2.14. The molecular weight excluding hydrogens is 434 g/mol. The van der Waals surface area contributed by atoms with Crippen molar-refractivity contribution < 1.29 is 4.74 Å². The first-order valence-electron chi connectivity index (χ1n) is 9.23. The predicted octanol–water partition coefficient (Wildman–Crippen LogP) is 3.86.